The average molecular weight is 653 g/mol. The highest BCUT2D eigenvalue weighted by molar-refractivity contribution is 6.10. The molecule has 0 fully saturated rings. The summed E-state index contributed by atoms with van der Waals surface area (Å²) in [7, 11) is 0. The Morgan fingerprint density at radius 3 is 1.49 bits per heavy atom. The van der Waals surface area contributed by atoms with Crippen LogP contribution in [0.15, 0.2) is 168 Å². The molecule has 0 spiro atoms. The second-order valence-electron chi connectivity index (χ2n) is 13.6. The van der Waals surface area contributed by atoms with Gasteiger partial charge in [0.25, 0.3) is 0 Å². The van der Waals surface area contributed by atoms with Gasteiger partial charge in [-0.2, -0.15) is 0 Å². The molecule has 10 aromatic rings. The second kappa shape index (κ2) is 11.0. The van der Waals surface area contributed by atoms with E-state index >= 15 is 0 Å². The number of hydrogen-bond donors (Lipinski definition) is 0. The molecule has 0 amide bonds. The molecule has 3 nitrogen and oxygen atoms in total. The summed E-state index contributed by atoms with van der Waals surface area (Å²) in [6, 6.07) is 57.7. The zero-order valence-corrected chi connectivity index (χ0v) is 27.9. The molecule has 0 bridgehead atoms. The van der Waals surface area contributed by atoms with Crippen LogP contribution in [0.2, 0.25) is 0 Å². The Bertz CT molecular complexity index is 2800. The molecule has 0 atom stereocenters. The first-order valence-corrected chi connectivity index (χ1v) is 17.7. The van der Waals surface area contributed by atoms with E-state index in [0.29, 0.717) is 0 Å². The standard InChI is InChI=1S/C48H32N2O/c1-6-19-43-37(14-1)38-15-2-7-20-44(38)49(43)35-27-34(28-36(30-35)50-45-21-8-3-16-39(45)40-17-4-9-22-46(40)50)32-13-11-12-31(26-32)33-24-25-48-42(29-33)41-18-5-10-23-47(41)51-48/h1-9,11-22,24-30H,10,23H2. The highest BCUT2D eigenvalue weighted by Gasteiger charge is 2.18. The first kappa shape index (κ1) is 28.3. The maximum absolute atomic E-state index is 6.24. The molecule has 0 unspecified atom stereocenters. The number of rotatable bonds is 4. The number of aryl methyl sites for hydroxylation is 1. The van der Waals surface area contributed by atoms with Crippen LogP contribution in [0.3, 0.4) is 0 Å². The minimum absolute atomic E-state index is 0.959. The van der Waals surface area contributed by atoms with Crippen molar-refractivity contribution in [2.24, 2.45) is 0 Å². The fraction of sp³-hybridized carbons (Fsp3) is 0.0417. The molecule has 3 aromatic heterocycles. The zero-order valence-electron chi connectivity index (χ0n) is 27.9. The van der Waals surface area contributed by atoms with Crippen molar-refractivity contribution in [3.8, 4) is 33.6 Å². The van der Waals surface area contributed by atoms with Gasteiger partial charge in [-0.25, -0.2) is 0 Å². The van der Waals surface area contributed by atoms with Crippen molar-refractivity contribution in [2.45, 2.75) is 12.8 Å². The summed E-state index contributed by atoms with van der Waals surface area (Å²) in [5, 5.41) is 6.21. The number of aromatic nitrogens is 2. The van der Waals surface area contributed by atoms with E-state index in [-0.39, 0.29) is 0 Å². The van der Waals surface area contributed by atoms with Gasteiger partial charge in [0.1, 0.15) is 11.3 Å². The van der Waals surface area contributed by atoms with Crippen LogP contribution in [0, 0.1) is 0 Å². The van der Waals surface area contributed by atoms with Crippen LogP contribution in [0.1, 0.15) is 17.7 Å². The minimum Gasteiger partial charge on any atom is -0.460 e. The number of allylic oxidation sites excluding steroid dienone is 1. The van der Waals surface area contributed by atoms with Crippen LogP contribution in [0.5, 0.6) is 0 Å². The summed E-state index contributed by atoms with van der Waals surface area (Å²) >= 11 is 0. The lowest BCUT2D eigenvalue weighted by Gasteiger charge is -2.16. The summed E-state index contributed by atoms with van der Waals surface area (Å²) in [5.74, 6) is 1.10. The fourth-order valence-electron chi connectivity index (χ4n) is 8.43. The molecule has 3 heteroatoms. The number of benzene rings is 7. The minimum atomic E-state index is 0.959. The molecule has 0 saturated carbocycles. The summed E-state index contributed by atoms with van der Waals surface area (Å²) in [4.78, 5) is 0. The molecule has 51 heavy (non-hydrogen) atoms. The van der Waals surface area contributed by atoms with E-state index in [1.165, 1.54) is 71.3 Å². The third kappa shape index (κ3) is 4.31. The Morgan fingerprint density at radius 1 is 0.412 bits per heavy atom. The topological polar surface area (TPSA) is 23.0 Å². The van der Waals surface area contributed by atoms with Gasteiger partial charge in [-0.3, -0.25) is 0 Å². The van der Waals surface area contributed by atoms with Gasteiger partial charge in [0, 0.05) is 50.3 Å². The lowest BCUT2D eigenvalue weighted by molar-refractivity contribution is 0.546. The number of hydrogen-bond acceptors (Lipinski definition) is 1. The van der Waals surface area contributed by atoms with Crippen molar-refractivity contribution in [3.63, 3.8) is 0 Å². The van der Waals surface area contributed by atoms with Crippen LogP contribution in [-0.2, 0) is 6.42 Å². The van der Waals surface area contributed by atoms with Crippen LogP contribution < -0.4 is 0 Å². The Kier molecular flexibility index (Phi) is 6.08. The highest BCUT2D eigenvalue weighted by atomic mass is 16.3. The van der Waals surface area contributed by atoms with Crippen molar-refractivity contribution in [1.82, 2.24) is 9.13 Å². The molecule has 0 radical (unpaired) electrons. The molecule has 11 rings (SSSR count). The Labute approximate surface area is 294 Å². The molecular weight excluding hydrogens is 621 g/mol. The maximum Gasteiger partial charge on any atom is 0.134 e. The molecule has 1 aliphatic rings. The highest BCUT2D eigenvalue weighted by Crippen LogP contribution is 2.39. The lowest BCUT2D eigenvalue weighted by atomic mass is 9.96. The smallest absolute Gasteiger partial charge is 0.134 e. The van der Waals surface area contributed by atoms with Crippen molar-refractivity contribution in [3.05, 3.63) is 175 Å². The normalized spacial score (nSPS) is 12.9. The largest absolute Gasteiger partial charge is 0.460 e. The van der Waals surface area contributed by atoms with Crippen LogP contribution >= 0.6 is 0 Å². The van der Waals surface area contributed by atoms with E-state index in [1.54, 1.807) is 0 Å². The average Bonchev–Trinajstić information content (AvgIpc) is 3.85. The Hall–Kier alpha value is -6.58. The Morgan fingerprint density at radius 2 is 0.922 bits per heavy atom. The molecule has 0 aliphatic heterocycles. The van der Waals surface area contributed by atoms with E-state index in [0.717, 1.165) is 41.1 Å². The van der Waals surface area contributed by atoms with Crippen molar-refractivity contribution in [1.29, 1.82) is 0 Å². The van der Waals surface area contributed by atoms with Crippen molar-refractivity contribution >= 4 is 60.7 Å². The van der Waals surface area contributed by atoms with Crippen LogP contribution in [0.4, 0.5) is 0 Å². The molecular formula is C48H32N2O. The van der Waals surface area contributed by atoms with E-state index < -0.39 is 0 Å². The van der Waals surface area contributed by atoms with Gasteiger partial charge < -0.3 is 13.6 Å². The third-order valence-corrected chi connectivity index (χ3v) is 10.7. The number of fused-ring (bicyclic) bond motifs is 9. The van der Waals surface area contributed by atoms with Gasteiger partial charge in [0.05, 0.1) is 22.1 Å². The van der Waals surface area contributed by atoms with E-state index in [9.17, 15) is 0 Å². The van der Waals surface area contributed by atoms with Gasteiger partial charge in [0.15, 0.2) is 0 Å². The van der Waals surface area contributed by atoms with E-state index in [4.69, 9.17) is 4.42 Å². The monoisotopic (exact) mass is 652 g/mol. The zero-order chi connectivity index (χ0) is 33.5. The van der Waals surface area contributed by atoms with Gasteiger partial charge in [0.2, 0.25) is 0 Å². The second-order valence-corrected chi connectivity index (χ2v) is 13.6. The molecule has 0 N–H and O–H groups in total. The van der Waals surface area contributed by atoms with Crippen molar-refractivity contribution < 1.29 is 4.42 Å². The van der Waals surface area contributed by atoms with Crippen LogP contribution in [0.25, 0.3) is 94.3 Å². The van der Waals surface area contributed by atoms with E-state index in [1.807, 2.05) is 0 Å². The number of nitrogens with zero attached hydrogens (tertiary/aromatic N) is 2. The predicted molar refractivity (Wildman–Crippen MR) is 213 cm³/mol. The fourth-order valence-corrected chi connectivity index (χ4v) is 8.43. The van der Waals surface area contributed by atoms with Gasteiger partial charge in [-0.05, 0) is 89.3 Å². The molecule has 0 saturated heterocycles. The molecule has 7 aromatic carbocycles. The van der Waals surface area contributed by atoms with Gasteiger partial charge in [-0.15, -0.1) is 0 Å². The lowest BCUT2D eigenvalue weighted by Crippen LogP contribution is -2.00. The van der Waals surface area contributed by atoms with Crippen molar-refractivity contribution in [2.75, 3.05) is 0 Å². The summed E-state index contributed by atoms with van der Waals surface area (Å²) in [6.07, 6.45) is 6.47. The first-order chi connectivity index (χ1) is 25.3. The Balaban J connectivity index is 1.17. The first-order valence-electron chi connectivity index (χ1n) is 17.7. The summed E-state index contributed by atoms with van der Waals surface area (Å²) in [5.41, 5.74) is 13.9. The quantitative estimate of drug-likeness (QED) is 0.186. The molecule has 3 heterocycles. The number of furan rings is 1. The molecule has 240 valence electrons. The SMILES string of the molecule is C1=Cc2c(oc3ccc(-c4cccc(-c5cc(-n6c7ccccc7c7ccccc76)cc(-n6c7ccccc7c7ccccc76)c5)c4)cc23)CC1. The summed E-state index contributed by atoms with van der Waals surface area (Å²) in [6.45, 7) is 0. The van der Waals surface area contributed by atoms with Gasteiger partial charge >= 0.3 is 0 Å². The predicted octanol–water partition coefficient (Wildman–Crippen LogP) is 12.9. The van der Waals surface area contributed by atoms with E-state index in [2.05, 4.69) is 179 Å². The molecule has 1 aliphatic carbocycles. The summed E-state index contributed by atoms with van der Waals surface area (Å²) < 4.78 is 11.1. The third-order valence-electron chi connectivity index (χ3n) is 10.7. The maximum atomic E-state index is 6.24. The van der Waals surface area contributed by atoms with Crippen LogP contribution in [-0.4, -0.2) is 9.13 Å². The number of para-hydroxylation sites is 4. The van der Waals surface area contributed by atoms with Gasteiger partial charge in [-0.1, -0.05) is 109 Å².